The Morgan fingerprint density at radius 2 is 2.29 bits per heavy atom. The summed E-state index contributed by atoms with van der Waals surface area (Å²) >= 11 is 2.38. The standard InChI is InChI=1S/C10H11N3O2S2/c1-6-5-16-8(12-6)4-7-9(14)13(3-2-11)10(15)17-7/h4-5H,2-3,11H2,1H3/b7-4+. The monoisotopic (exact) mass is 269 g/mol. The van der Waals surface area contributed by atoms with Crippen molar-refractivity contribution in [2.75, 3.05) is 13.1 Å². The molecular weight excluding hydrogens is 258 g/mol. The fourth-order valence-corrected chi connectivity index (χ4v) is 3.01. The maximum atomic E-state index is 11.9. The highest BCUT2D eigenvalue weighted by atomic mass is 32.2. The highest BCUT2D eigenvalue weighted by Crippen LogP contribution is 2.32. The topological polar surface area (TPSA) is 76.3 Å². The summed E-state index contributed by atoms with van der Waals surface area (Å²) in [5.74, 6) is -0.279. The average molecular weight is 269 g/mol. The van der Waals surface area contributed by atoms with Gasteiger partial charge < -0.3 is 5.73 Å². The number of thioether (sulfide) groups is 1. The summed E-state index contributed by atoms with van der Waals surface area (Å²) < 4.78 is 0. The molecular formula is C10H11N3O2S2. The summed E-state index contributed by atoms with van der Waals surface area (Å²) in [5, 5.41) is 2.37. The lowest BCUT2D eigenvalue weighted by Gasteiger charge is -2.09. The number of carbonyl (C=O) groups is 2. The van der Waals surface area contributed by atoms with Gasteiger partial charge in [0, 0.05) is 24.2 Å². The molecule has 0 aliphatic carbocycles. The maximum Gasteiger partial charge on any atom is 0.293 e. The van der Waals surface area contributed by atoms with Crippen LogP contribution in [-0.4, -0.2) is 34.1 Å². The van der Waals surface area contributed by atoms with Crippen molar-refractivity contribution in [3.05, 3.63) is 21.0 Å². The molecule has 0 aromatic carbocycles. The molecule has 0 unspecified atom stereocenters. The largest absolute Gasteiger partial charge is 0.329 e. The maximum absolute atomic E-state index is 11.9. The van der Waals surface area contributed by atoms with Gasteiger partial charge in [-0.1, -0.05) is 0 Å². The lowest BCUT2D eigenvalue weighted by Crippen LogP contribution is -2.33. The molecule has 90 valence electrons. The zero-order valence-corrected chi connectivity index (χ0v) is 10.8. The second-order valence-corrected chi connectivity index (χ2v) is 5.33. The van der Waals surface area contributed by atoms with Gasteiger partial charge in [-0.3, -0.25) is 14.5 Å². The van der Waals surface area contributed by atoms with E-state index < -0.39 is 0 Å². The van der Waals surface area contributed by atoms with Crippen LogP contribution in [0.3, 0.4) is 0 Å². The second-order valence-electron chi connectivity index (χ2n) is 3.45. The number of hydrogen-bond donors (Lipinski definition) is 1. The summed E-state index contributed by atoms with van der Waals surface area (Å²) in [6.07, 6.45) is 1.65. The lowest BCUT2D eigenvalue weighted by atomic mass is 10.4. The number of hydrogen-bond acceptors (Lipinski definition) is 6. The van der Waals surface area contributed by atoms with Crippen LogP contribution in [0, 0.1) is 6.92 Å². The minimum Gasteiger partial charge on any atom is -0.329 e. The van der Waals surface area contributed by atoms with Crippen LogP contribution in [-0.2, 0) is 4.79 Å². The number of imide groups is 1. The number of carbonyl (C=O) groups excluding carboxylic acids is 2. The van der Waals surface area contributed by atoms with Crippen LogP contribution in [0.1, 0.15) is 10.7 Å². The third-order valence-corrected chi connectivity index (χ3v) is 3.93. The molecule has 2 N–H and O–H groups in total. The summed E-state index contributed by atoms with van der Waals surface area (Å²) in [6, 6.07) is 0. The van der Waals surface area contributed by atoms with Gasteiger partial charge in [0.1, 0.15) is 5.01 Å². The zero-order valence-electron chi connectivity index (χ0n) is 9.17. The Hall–Kier alpha value is -1.18. The molecule has 0 spiro atoms. The molecule has 2 rings (SSSR count). The minimum atomic E-state index is -0.279. The SMILES string of the molecule is Cc1csc(/C=C2/SC(=O)N(CCN)C2=O)n1. The number of amides is 2. The molecule has 1 aliphatic rings. The lowest BCUT2D eigenvalue weighted by molar-refractivity contribution is -0.122. The van der Waals surface area contributed by atoms with Crippen molar-refractivity contribution < 1.29 is 9.59 Å². The van der Waals surface area contributed by atoms with E-state index in [0.717, 1.165) is 27.4 Å². The van der Waals surface area contributed by atoms with Crippen molar-refractivity contribution in [2.24, 2.45) is 5.73 Å². The van der Waals surface area contributed by atoms with E-state index in [1.807, 2.05) is 12.3 Å². The van der Waals surface area contributed by atoms with Crippen LogP contribution in [0.15, 0.2) is 10.3 Å². The number of rotatable bonds is 3. The Balaban J connectivity index is 2.21. The van der Waals surface area contributed by atoms with Crippen molar-refractivity contribution in [3.8, 4) is 0 Å². The van der Waals surface area contributed by atoms with Gasteiger partial charge in [-0.25, -0.2) is 4.98 Å². The number of nitrogens with two attached hydrogens (primary N) is 1. The van der Waals surface area contributed by atoms with Gasteiger partial charge in [-0.05, 0) is 24.8 Å². The molecule has 2 amide bonds. The Labute approximate surface area is 107 Å². The first-order valence-electron chi connectivity index (χ1n) is 4.99. The highest BCUT2D eigenvalue weighted by molar-refractivity contribution is 8.18. The fourth-order valence-electron chi connectivity index (χ4n) is 1.37. The molecule has 1 saturated heterocycles. The van der Waals surface area contributed by atoms with Gasteiger partial charge in [0.2, 0.25) is 0 Å². The van der Waals surface area contributed by atoms with E-state index in [4.69, 9.17) is 5.73 Å². The van der Waals surface area contributed by atoms with Crippen molar-refractivity contribution in [3.63, 3.8) is 0 Å². The van der Waals surface area contributed by atoms with Crippen LogP contribution in [0.5, 0.6) is 0 Å². The fraction of sp³-hybridized carbons (Fsp3) is 0.300. The van der Waals surface area contributed by atoms with Crippen LogP contribution in [0.4, 0.5) is 4.79 Å². The third-order valence-electron chi connectivity index (χ3n) is 2.12. The van der Waals surface area contributed by atoms with Crippen molar-refractivity contribution in [1.29, 1.82) is 0 Å². The smallest absolute Gasteiger partial charge is 0.293 e. The van der Waals surface area contributed by atoms with E-state index in [0.29, 0.717) is 4.91 Å². The van der Waals surface area contributed by atoms with Gasteiger partial charge in [0.15, 0.2) is 0 Å². The summed E-state index contributed by atoms with van der Waals surface area (Å²) in [7, 11) is 0. The molecule has 0 bridgehead atoms. The molecule has 7 heteroatoms. The van der Waals surface area contributed by atoms with E-state index in [9.17, 15) is 9.59 Å². The van der Waals surface area contributed by atoms with E-state index in [1.165, 1.54) is 11.3 Å². The highest BCUT2D eigenvalue weighted by Gasteiger charge is 2.34. The van der Waals surface area contributed by atoms with Gasteiger partial charge >= 0.3 is 0 Å². The summed E-state index contributed by atoms with van der Waals surface area (Å²) in [4.78, 5) is 29.2. The van der Waals surface area contributed by atoms with Crippen LogP contribution >= 0.6 is 23.1 Å². The van der Waals surface area contributed by atoms with Crippen molar-refractivity contribution in [1.82, 2.24) is 9.88 Å². The minimum absolute atomic E-state index is 0.263. The molecule has 1 fully saturated rings. The van der Waals surface area contributed by atoms with Crippen molar-refractivity contribution >= 4 is 40.3 Å². The molecule has 1 aliphatic heterocycles. The molecule has 1 aromatic heterocycles. The predicted molar refractivity (Wildman–Crippen MR) is 68.6 cm³/mol. The first kappa shape index (κ1) is 12.3. The molecule has 1 aromatic rings. The molecule has 5 nitrogen and oxygen atoms in total. The number of aromatic nitrogens is 1. The molecule has 17 heavy (non-hydrogen) atoms. The van der Waals surface area contributed by atoms with Crippen molar-refractivity contribution in [2.45, 2.75) is 6.92 Å². The van der Waals surface area contributed by atoms with Crippen LogP contribution in [0.25, 0.3) is 6.08 Å². The van der Waals surface area contributed by atoms with E-state index >= 15 is 0 Å². The third kappa shape index (κ3) is 2.56. The number of aryl methyl sites for hydroxylation is 1. The average Bonchev–Trinajstić information content (AvgIpc) is 2.79. The zero-order chi connectivity index (χ0) is 12.4. The normalized spacial score (nSPS) is 18.5. The first-order chi connectivity index (χ1) is 8.11. The molecule has 0 saturated carbocycles. The Morgan fingerprint density at radius 3 is 2.88 bits per heavy atom. The van der Waals surface area contributed by atoms with Gasteiger partial charge in [0.05, 0.1) is 4.91 Å². The van der Waals surface area contributed by atoms with E-state index in [1.54, 1.807) is 6.08 Å². The Bertz CT molecular complexity index is 495. The van der Waals surface area contributed by atoms with E-state index in [2.05, 4.69) is 4.98 Å². The van der Waals surface area contributed by atoms with Gasteiger partial charge in [-0.15, -0.1) is 11.3 Å². The van der Waals surface area contributed by atoms with Gasteiger partial charge in [0.25, 0.3) is 11.1 Å². The summed E-state index contributed by atoms with van der Waals surface area (Å²) in [6.45, 7) is 2.43. The van der Waals surface area contributed by atoms with Crippen LogP contribution < -0.4 is 5.73 Å². The Kier molecular flexibility index (Phi) is 3.60. The number of nitrogens with zero attached hydrogens (tertiary/aromatic N) is 2. The van der Waals surface area contributed by atoms with Crippen LogP contribution in [0.2, 0.25) is 0 Å². The predicted octanol–water partition coefficient (Wildman–Crippen LogP) is 1.45. The van der Waals surface area contributed by atoms with Gasteiger partial charge in [-0.2, -0.15) is 0 Å². The molecule has 2 heterocycles. The van der Waals surface area contributed by atoms with E-state index in [-0.39, 0.29) is 24.2 Å². The first-order valence-corrected chi connectivity index (χ1v) is 6.69. The summed E-state index contributed by atoms with van der Waals surface area (Å²) in [5.41, 5.74) is 6.25. The molecule has 0 radical (unpaired) electrons. The second kappa shape index (κ2) is 4.99. The quantitative estimate of drug-likeness (QED) is 0.840. The Morgan fingerprint density at radius 1 is 1.53 bits per heavy atom. The number of thiazole rings is 1. The molecule has 0 atom stereocenters.